The molecule has 1 aliphatic rings. The van der Waals surface area contributed by atoms with E-state index in [-0.39, 0.29) is 11.9 Å². The number of rotatable bonds is 5. The lowest BCUT2D eigenvalue weighted by Crippen LogP contribution is -2.39. The lowest BCUT2D eigenvalue weighted by molar-refractivity contribution is -0.130. The Labute approximate surface area is 125 Å². The Morgan fingerprint density at radius 2 is 1.71 bits per heavy atom. The van der Waals surface area contributed by atoms with Gasteiger partial charge in [0, 0.05) is 39.1 Å². The van der Waals surface area contributed by atoms with Gasteiger partial charge in [0.25, 0.3) is 0 Å². The minimum Gasteiger partial charge on any atom is -0.343 e. The van der Waals surface area contributed by atoms with E-state index in [2.05, 4.69) is 5.32 Å². The first-order valence-electron chi connectivity index (χ1n) is 7.53. The largest absolute Gasteiger partial charge is 0.343 e. The molecule has 0 aromatic heterocycles. The van der Waals surface area contributed by atoms with E-state index in [0.29, 0.717) is 39.1 Å². The van der Waals surface area contributed by atoms with Crippen molar-refractivity contribution in [2.45, 2.75) is 33.4 Å². The van der Waals surface area contributed by atoms with Gasteiger partial charge in [-0.15, -0.1) is 0 Å². The number of amides is 3. The Morgan fingerprint density at radius 1 is 1.14 bits per heavy atom. The molecule has 1 heterocycles. The maximum atomic E-state index is 12.1. The lowest BCUT2D eigenvalue weighted by atomic mass is 10.1. The van der Waals surface area contributed by atoms with E-state index in [0.717, 1.165) is 0 Å². The average Bonchev–Trinajstić information content (AvgIpc) is 2.92. The molecule has 0 saturated heterocycles. The van der Waals surface area contributed by atoms with Crippen LogP contribution in [-0.2, 0) is 17.9 Å². The van der Waals surface area contributed by atoms with Crippen molar-refractivity contribution in [2.24, 2.45) is 0 Å². The summed E-state index contributed by atoms with van der Waals surface area (Å²) in [6.07, 6.45) is 0.355. The van der Waals surface area contributed by atoms with Gasteiger partial charge in [-0.2, -0.15) is 0 Å². The van der Waals surface area contributed by atoms with Crippen molar-refractivity contribution in [1.29, 1.82) is 0 Å². The van der Waals surface area contributed by atoms with Crippen LogP contribution in [0.4, 0.5) is 4.79 Å². The second-order valence-electron chi connectivity index (χ2n) is 5.17. The van der Waals surface area contributed by atoms with E-state index in [1.54, 1.807) is 9.80 Å². The molecule has 0 aliphatic carbocycles. The van der Waals surface area contributed by atoms with Gasteiger partial charge in [0.1, 0.15) is 0 Å². The predicted octanol–water partition coefficient (Wildman–Crippen LogP) is 1.97. The quantitative estimate of drug-likeness (QED) is 0.901. The van der Waals surface area contributed by atoms with Crippen molar-refractivity contribution in [1.82, 2.24) is 15.1 Å². The fourth-order valence-electron chi connectivity index (χ4n) is 2.60. The number of carbonyl (C=O) groups is 2. The third-order valence-corrected chi connectivity index (χ3v) is 3.86. The summed E-state index contributed by atoms with van der Waals surface area (Å²) in [7, 11) is 0. The van der Waals surface area contributed by atoms with Crippen molar-refractivity contribution >= 4 is 11.9 Å². The van der Waals surface area contributed by atoms with Crippen LogP contribution in [0.2, 0.25) is 0 Å². The van der Waals surface area contributed by atoms with Crippen molar-refractivity contribution < 1.29 is 9.59 Å². The molecule has 1 N–H and O–H groups in total. The lowest BCUT2D eigenvalue weighted by Gasteiger charge is -2.20. The van der Waals surface area contributed by atoms with Crippen LogP contribution >= 0.6 is 0 Å². The van der Waals surface area contributed by atoms with Crippen molar-refractivity contribution in [3.8, 4) is 0 Å². The van der Waals surface area contributed by atoms with E-state index in [4.69, 9.17) is 0 Å². The minimum absolute atomic E-state index is 0.0880. The molecule has 0 spiro atoms. The second-order valence-corrected chi connectivity index (χ2v) is 5.17. The number of carbonyl (C=O) groups excluding carboxylic acids is 2. The molecule has 0 unspecified atom stereocenters. The Balaban J connectivity index is 1.75. The van der Waals surface area contributed by atoms with Gasteiger partial charge < -0.3 is 15.1 Å². The molecule has 5 heteroatoms. The molecule has 0 saturated carbocycles. The van der Waals surface area contributed by atoms with Gasteiger partial charge in [-0.1, -0.05) is 24.3 Å². The summed E-state index contributed by atoms with van der Waals surface area (Å²) < 4.78 is 0. The van der Waals surface area contributed by atoms with Crippen LogP contribution in [0, 0.1) is 0 Å². The zero-order valence-corrected chi connectivity index (χ0v) is 12.8. The molecule has 1 aromatic rings. The Hall–Kier alpha value is -2.04. The maximum Gasteiger partial charge on any atom is 0.318 e. The highest BCUT2D eigenvalue weighted by Gasteiger charge is 2.22. The standard InChI is InChI=1S/C16H23N3O2/c1-3-18(4-2)15(20)9-10-17-16(21)19-11-13-7-5-6-8-14(13)12-19/h5-8H,3-4,9-12H2,1-2H3,(H,17,21). The van der Waals surface area contributed by atoms with Gasteiger partial charge in [0.2, 0.25) is 5.91 Å². The normalized spacial score (nSPS) is 13.0. The molecule has 0 radical (unpaired) electrons. The molecular formula is C16H23N3O2. The number of nitrogens with zero attached hydrogens (tertiary/aromatic N) is 2. The SMILES string of the molecule is CCN(CC)C(=O)CCNC(=O)N1Cc2ccccc2C1. The molecule has 3 amide bonds. The third-order valence-electron chi connectivity index (χ3n) is 3.86. The Kier molecular flexibility index (Phi) is 5.20. The van der Waals surface area contributed by atoms with E-state index in [1.807, 2.05) is 38.1 Å². The van der Waals surface area contributed by atoms with Crippen molar-refractivity contribution in [3.63, 3.8) is 0 Å². The van der Waals surface area contributed by atoms with Gasteiger partial charge in [-0.3, -0.25) is 4.79 Å². The summed E-state index contributed by atoms with van der Waals surface area (Å²) >= 11 is 0. The van der Waals surface area contributed by atoms with Gasteiger partial charge in [0.05, 0.1) is 0 Å². The van der Waals surface area contributed by atoms with E-state index < -0.39 is 0 Å². The van der Waals surface area contributed by atoms with Gasteiger partial charge in [-0.25, -0.2) is 4.79 Å². The van der Waals surface area contributed by atoms with Crippen LogP contribution < -0.4 is 5.32 Å². The van der Waals surface area contributed by atoms with Crippen LogP contribution in [0.1, 0.15) is 31.4 Å². The molecule has 114 valence electrons. The monoisotopic (exact) mass is 289 g/mol. The van der Waals surface area contributed by atoms with Gasteiger partial charge in [-0.05, 0) is 25.0 Å². The number of nitrogens with one attached hydrogen (secondary N) is 1. The molecule has 1 aliphatic heterocycles. The highest BCUT2D eigenvalue weighted by atomic mass is 16.2. The van der Waals surface area contributed by atoms with Gasteiger partial charge in [0.15, 0.2) is 0 Å². The minimum atomic E-state index is -0.0986. The summed E-state index contributed by atoms with van der Waals surface area (Å²) in [5, 5.41) is 2.83. The summed E-state index contributed by atoms with van der Waals surface area (Å²) in [4.78, 5) is 27.5. The molecular weight excluding hydrogens is 266 g/mol. The van der Waals surface area contributed by atoms with Crippen molar-refractivity contribution in [3.05, 3.63) is 35.4 Å². The Bertz CT molecular complexity index is 487. The third kappa shape index (κ3) is 3.74. The molecule has 0 atom stereocenters. The molecule has 1 aromatic carbocycles. The maximum absolute atomic E-state index is 12.1. The van der Waals surface area contributed by atoms with Crippen LogP contribution in [0.5, 0.6) is 0 Å². The summed E-state index contributed by atoms with van der Waals surface area (Å²) in [5.41, 5.74) is 2.40. The molecule has 5 nitrogen and oxygen atoms in total. The number of fused-ring (bicyclic) bond motifs is 1. The first kappa shape index (κ1) is 15.4. The highest BCUT2D eigenvalue weighted by molar-refractivity contribution is 5.78. The average molecular weight is 289 g/mol. The zero-order valence-electron chi connectivity index (χ0n) is 12.8. The van der Waals surface area contributed by atoms with Gasteiger partial charge >= 0.3 is 6.03 Å². The number of urea groups is 1. The van der Waals surface area contributed by atoms with E-state index in [9.17, 15) is 9.59 Å². The number of hydrogen-bond acceptors (Lipinski definition) is 2. The van der Waals surface area contributed by atoms with E-state index in [1.165, 1.54) is 11.1 Å². The predicted molar refractivity (Wildman–Crippen MR) is 81.6 cm³/mol. The summed E-state index contributed by atoms with van der Waals surface area (Å²) in [5.74, 6) is 0.0880. The number of benzene rings is 1. The smallest absolute Gasteiger partial charge is 0.318 e. The van der Waals surface area contributed by atoms with Crippen molar-refractivity contribution in [2.75, 3.05) is 19.6 Å². The fraction of sp³-hybridized carbons (Fsp3) is 0.500. The fourth-order valence-corrected chi connectivity index (χ4v) is 2.60. The molecule has 2 rings (SSSR count). The van der Waals surface area contributed by atoms with Crippen LogP contribution in [0.25, 0.3) is 0 Å². The van der Waals surface area contributed by atoms with E-state index >= 15 is 0 Å². The highest BCUT2D eigenvalue weighted by Crippen LogP contribution is 2.21. The molecule has 0 bridgehead atoms. The zero-order chi connectivity index (χ0) is 15.2. The van der Waals surface area contributed by atoms with Crippen LogP contribution in [0.15, 0.2) is 24.3 Å². The first-order chi connectivity index (χ1) is 10.2. The summed E-state index contributed by atoms with van der Waals surface area (Å²) in [6.45, 7) is 7.03. The second kappa shape index (κ2) is 7.11. The van der Waals surface area contributed by atoms with Crippen LogP contribution in [-0.4, -0.2) is 41.4 Å². The van der Waals surface area contributed by atoms with Crippen LogP contribution in [0.3, 0.4) is 0 Å². The molecule has 0 fully saturated rings. The topological polar surface area (TPSA) is 52.7 Å². The first-order valence-corrected chi connectivity index (χ1v) is 7.53. The number of hydrogen-bond donors (Lipinski definition) is 1. The molecule has 21 heavy (non-hydrogen) atoms. The Morgan fingerprint density at radius 3 is 2.24 bits per heavy atom. The summed E-state index contributed by atoms with van der Waals surface area (Å²) in [6, 6.07) is 7.98.